The van der Waals surface area contributed by atoms with E-state index in [4.69, 9.17) is 20.9 Å². The van der Waals surface area contributed by atoms with Gasteiger partial charge in [-0.2, -0.15) is 5.10 Å². The molecule has 0 radical (unpaired) electrons. The van der Waals surface area contributed by atoms with E-state index in [2.05, 4.69) is 10.2 Å². The predicted molar refractivity (Wildman–Crippen MR) is 90.6 cm³/mol. The minimum absolute atomic E-state index is 0.0470. The van der Waals surface area contributed by atoms with Crippen LogP contribution in [0.1, 0.15) is 11.1 Å². The van der Waals surface area contributed by atoms with Crippen molar-refractivity contribution in [3.05, 3.63) is 59.7 Å². The van der Waals surface area contributed by atoms with Crippen molar-refractivity contribution in [2.45, 2.75) is 6.42 Å². The third kappa shape index (κ3) is 4.74. The Balaban J connectivity index is 2.29. The lowest BCUT2D eigenvalue weighted by Crippen LogP contribution is -2.73. The first-order valence-corrected chi connectivity index (χ1v) is 7.10. The average molecular weight is 313 g/mol. The zero-order valence-corrected chi connectivity index (χ0v) is 13.2. The van der Waals surface area contributed by atoms with Crippen molar-refractivity contribution in [1.82, 2.24) is 0 Å². The summed E-state index contributed by atoms with van der Waals surface area (Å²) in [6.07, 6.45) is 0.622. The summed E-state index contributed by atoms with van der Waals surface area (Å²) in [5.41, 5.74) is 13.7. The van der Waals surface area contributed by atoms with Crippen LogP contribution in [0.5, 0.6) is 11.5 Å². The SMILES string of the molecule is COc1ccc(C/C(=N\[NH+]=C(N)N)c2ccc(OC)cc2)cc1. The topological polar surface area (TPSA) is 96.8 Å². The highest BCUT2D eigenvalue weighted by Gasteiger charge is 2.07. The first-order valence-electron chi connectivity index (χ1n) is 7.10. The number of benzene rings is 2. The molecule has 0 amide bonds. The van der Waals surface area contributed by atoms with Gasteiger partial charge >= 0.3 is 5.96 Å². The Labute approximate surface area is 135 Å². The fourth-order valence-electron chi connectivity index (χ4n) is 2.06. The molecule has 2 rings (SSSR count). The molecule has 120 valence electrons. The quantitative estimate of drug-likeness (QED) is 0.397. The highest BCUT2D eigenvalue weighted by atomic mass is 16.5. The minimum Gasteiger partial charge on any atom is -0.497 e. The lowest BCUT2D eigenvalue weighted by molar-refractivity contribution is -0.464. The van der Waals surface area contributed by atoms with Crippen LogP contribution in [-0.4, -0.2) is 25.9 Å². The third-order valence-corrected chi connectivity index (χ3v) is 3.27. The van der Waals surface area contributed by atoms with E-state index in [1.807, 2.05) is 48.5 Å². The Bertz CT molecular complexity index is 688. The van der Waals surface area contributed by atoms with Gasteiger partial charge in [-0.3, -0.25) is 11.5 Å². The molecule has 0 saturated carbocycles. The van der Waals surface area contributed by atoms with Crippen molar-refractivity contribution in [3.63, 3.8) is 0 Å². The van der Waals surface area contributed by atoms with Crippen LogP contribution in [0.25, 0.3) is 0 Å². The minimum atomic E-state index is 0.0470. The van der Waals surface area contributed by atoms with Crippen molar-refractivity contribution < 1.29 is 14.6 Å². The fraction of sp³-hybridized carbons (Fsp3) is 0.176. The molecule has 0 saturated heterocycles. The van der Waals surface area contributed by atoms with Gasteiger partial charge in [0, 0.05) is 6.42 Å². The van der Waals surface area contributed by atoms with Crippen molar-refractivity contribution in [2.75, 3.05) is 14.2 Å². The van der Waals surface area contributed by atoms with E-state index in [1.165, 1.54) is 0 Å². The molecule has 23 heavy (non-hydrogen) atoms. The summed E-state index contributed by atoms with van der Waals surface area (Å²) in [5.74, 6) is 1.65. The van der Waals surface area contributed by atoms with Gasteiger partial charge in [-0.15, -0.1) is 5.10 Å². The zero-order chi connectivity index (χ0) is 16.7. The summed E-state index contributed by atoms with van der Waals surface area (Å²) in [6.45, 7) is 0. The Morgan fingerprint density at radius 3 is 1.91 bits per heavy atom. The van der Waals surface area contributed by atoms with E-state index in [0.29, 0.717) is 6.42 Å². The molecule has 0 aromatic heterocycles. The number of hydrogen-bond donors (Lipinski definition) is 3. The van der Waals surface area contributed by atoms with Gasteiger partial charge < -0.3 is 9.47 Å². The molecule has 0 aliphatic carbocycles. The number of hydrogen-bond acceptors (Lipinski definition) is 3. The molecule has 0 unspecified atom stereocenters. The average Bonchev–Trinajstić information content (AvgIpc) is 2.59. The van der Waals surface area contributed by atoms with Gasteiger partial charge in [0.1, 0.15) is 11.5 Å². The second-order valence-corrected chi connectivity index (χ2v) is 4.88. The maximum Gasteiger partial charge on any atom is 0.362 e. The number of methoxy groups -OCH3 is 2. The Hall–Kier alpha value is -3.02. The smallest absolute Gasteiger partial charge is 0.362 e. The first kappa shape index (κ1) is 16.4. The van der Waals surface area contributed by atoms with Crippen LogP contribution in [0.3, 0.4) is 0 Å². The lowest BCUT2D eigenvalue weighted by atomic mass is 10.0. The molecule has 0 fully saturated rings. The van der Waals surface area contributed by atoms with Gasteiger partial charge in [-0.1, -0.05) is 12.1 Å². The Kier molecular flexibility index (Phi) is 5.57. The Morgan fingerprint density at radius 2 is 1.43 bits per heavy atom. The molecule has 0 aliphatic rings. The molecule has 6 nitrogen and oxygen atoms in total. The van der Waals surface area contributed by atoms with Crippen LogP contribution < -0.4 is 26.0 Å². The summed E-state index contributed by atoms with van der Waals surface area (Å²) in [7, 11) is 3.27. The van der Waals surface area contributed by atoms with Crippen LogP contribution in [0.15, 0.2) is 53.6 Å². The maximum absolute atomic E-state index is 5.44. The van der Waals surface area contributed by atoms with E-state index in [1.54, 1.807) is 14.2 Å². The molecule has 5 N–H and O–H groups in total. The first-order chi connectivity index (χ1) is 11.1. The zero-order valence-electron chi connectivity index (χ0n) is 13.2. The van der Waals surface area contributed by atoms with Crippen molar-refractivity contribution in [2.24, 2.45) is 16.6 Å². The van der Waals surface area contributed by atoms with Gasteiger partial charge in [0.25, 0.3) is 0 Å². The number of guanidine groups is 1. The van der Waals surface area contributed by atoms with Crippen LogP contribution >= 0.6 is 0 Å². The van der Waals surface area contributed by atoms with E-state index in [-0.39, 0.29) is 5.96 Å². The van der Waals surface area contributed by atoms with E-state index >= 15 is 0 Å². The van der Waals surface area contributed by atoms with Crippen LogP contribution in [-0.2, 0) is 6.42 Å². The fourth-order valence-corrected chi connectivity index (χ4v) is 2.06. The molecule has 0 spiro atoms. The molecule has 6 heteroatoms. The number of nitrogens with two attached hydrogens (primary N) is 2. The molecule has 0 aliphatic heterocycles. The molecular weight excluding hydrogens is 292 g/mol. The Morgan fingerprint density at radius 1 is 0.913 bits per heavy atom. The summed E-state index contributed by atoms with van der Waals surface area (Å²) >= 11 is 0. The summed E-state index contributed by atoms with van der Waals surface area (Å²) in [4.78, 5) is 0. The largest absolute Gasteiger partial charge is 0.497 e. The molecule has 2 aromatic rings. The van der Waals surface area contributed by atoms with Gasteiger partial charge in [0.15, 0.2) is 0 Å². The molecule has 0 heterocycles. The predicted octanol–water partition coefficient (Wildman–Crippen LogP) is 0.00460. The van der Waals surface area contributed by atoms with Crippen molar-refractivity contribution >= 4 is 11.7 Å². The van der Waals surface area contributed by atoms with Crippen LogP contribution in [0, 0.1) is 0 Å². The number of nitrogens with zero attached hydrogens (tertiary/aromatic N) is 1. The lowest BCUT2D eigenvalue weighted by Gasteiger charge is -2.07. The summed E-state index contributed by atoms with van der Waals surface area (Å²) in [6, 6.07) is 15.5. The standard InChI is InChI=1S/C17H20N4O2/c1-22-14-7-3-12(4-8-14)11-16(20-21-17(18)19)13-5-9-15(23-2)10-6-13/h3-10H,11H2,1-2H3,(H4,18,19,21)/p+1/b20-16+. The summed E-state index contributed by atoms with van der Waals surface area (Å²) < 4.78 is 10.3. The van der Waals surface area contributed by atoms with E-state index in [9.17, 15) is 0 Å². The van der Waals surface area contributed by atoms with Gasteiger partial charge in [0.05, 0.1) is 19.9 Å². The normalized spacial score (nSPS) is 11.0. The van der Waals surface area contributed by atoms with Gasteiger partial charge in [-0.05, 0) is 47.5 Å². The van der Waals surface area contributed by atoms with Crippen molar-refractivity contribution in [1.29, 1.82) is 0 Å². The monoisotopic (exact) mass is 313 g/mol. The van der Waals surface area contributed by atoms with E-state index in [0.717, 1.165) is 28.3 Å². The molecular formula is C17H21N4O2+. The van der Waals surface area contributed by atoms with Crippen LogP contribution in [0.4, 0.5) is 0 Å². The number of hydrazone groups is 1. The second-order valence-electron chi connectivity index (χ2n) is 4.88. The molecule has 0 atom stereocenters. The maximum atomic E-state index is 5.44. The number of rotatable bonds is 6. The number of ether oxygens (including phenoxy) is 2. The number of nitrogens with one attached hydrogen (secondary N) is 1. The second kappa shape index (κ2) is 7.84. The highest BCUT2D eigenvalue weighted by Crippen LogP contribution is 2.16. The third-order valence-electron chi connectivity index (χ3n) is 3.27. The van der Waals surface area contributed by atoms with Crippen LogP contribution in [0.2, 0.25) is 0 Å². The highest BCUT2D eigenvalue weighted by molar-refractivity contribution is 6.01. The van der Waals surface area contributed by atoms with Gasteiger partial charge in [-0.25, -0.2) is 0 Å². The van der Waals surface area contributed by atoms with E-state index < -0.39 is 0 Å². The molecule has 0 bridgehead atoms. The summed E-state index contributed by atoms with van der Waals surface area (Å²) in [5, 5.41) is 6.91. The van der Waals surface area contributed by atoms with Crippen molar-refractivity contribution in [3.8, 4) is 11.5 Å². The molecule has 2 aromatic carbocycles. The van der Waals surface area contributed by atoms with Gasteiger partial charge in [0.2, 0.25) is 0 Å².